The SMILES string of the molecule is C[C@H]1[C@@H](c2ccc(F)c(F)c2OC(F)F)[C@H](C(=O)Nc2ccnc(N3CCN(C)CC3=O)c2)O[C@@]1(C)C(F)(F)F. The van der Waals surface area contributed by atoms with Crippen LogP contribution in [-0.2, 0) is 14.3 Å². The number of aromatic nitrogens is 1. The number of alkyl halides is 5. The summed E-state index contributed by atoms with van der Waals surface area (Å²) in [4.78, 5) is 33.1. The van der Waals surface area contributed by atoms with Gasteiger partial charge in [0, 0.05) is 48.4 Å². The lowest BCUT2D eigenvalue weighted by atomic mass is 9.77. The maximum absolute atomic E-state index is 14.5. The van der Waals surface area contributed by atoms with Crippen LogP contribution in [0.25, 0.3) is 0 Å². The molecule has 2 aromatic rings. The molecule has 4 rings (SSSR count). The summed E-state index contributed by atoms with van der Waals surface area (Å²) in [5.41, 5.74) is -3.52. The molecule has 40 heavy (non-hydrogen) atoms. The van der Waals surface area contributed by atoms with Gasteiger partial charge in [0.15, 0.2) is 17.2 Å². The van der Waals surface area contributed by atoms with Crippen LogP contribution < -0.4 is 15.0 Å². The first-order valence-corrected chi connectivity index (χ1v) is 12.1. The summed E-state index contributed by atoms with van der Waals surface area (Å²) in [6.07, 6.45) is -5.75. The van der Waals surface area contributed by atoms with Gasteiger partial charge in [-0.15, -0.1) is 0 Å². The van der Waals surface area contributed by atoms with Gasteiger partial charge in [-0.25, -0.2) is 9.37 Å². The predicted molar refractivity (Wildman–Crippen MR) is 127 cm³/mol. The third kappa shape index (κ3) is 5.44. The van der Waals surface area contributed by atoms with Gasteiger partial charge in [0.25, 0.3) is 5.91 Å². The van der Waals surface area contributed by atoms with Crippen molar-refractivity contribution >= 4 is 23.3 Å². The van der Waals surface area contributed by atoms with Crippen molar-refractivity contribution < 1.29 is 49.8 Å². The van der Waals surface area contributed by atoms with Crippen LogP contribution in [0.15, 0.2) is 30.5 Å². The summed E-state index contributed by atoms with van der Waals surface area (Å²) >= 11 is 0. The number of piperazine rings is 1. The smallest absolute Gasteiger partial charge is 0.417 e. The van der Waals surface area contributed by atoms with Crippen molar-refractivity contribution in [3.8, 4) is 5.75 Å². The van der Waals surface area contributed by atoms with Crippen molar-refractivity contribution in [2.45, 2.75) is 44.3 Å². The Labute approximate surface area is 224 Å². The number of carbonyl (C=O) groups is 2. The van der Waals surface area contributed by atoms with Gasteiger partial charge in [-0.3, -0.25) is 19.4 Å². The molecule has 2 aliphatic rings. The lowest BCUT2D eigenvalue weighted by molar-refractivity contribution is -0.272. The number of likely N-dealkylation sites (N-methyl/N-ethyl adjacent to an activating group) is 1. The van der Waals surface area contributed by atoms with Crippen molar-refractivity contribution in [1.29, 1.82) is 0 Å². The molecule has 1 aromatic carbocycles. The van der Waals surface area contributed by atoms with E-state index < -0.39 is 65.2 Å². The van der Waals surface area contributed by atoms with Gasteiger partial charge in [0.05, 0.1) is 6.54 Å². The van der Waals surface area contributed by atoms with Crippen LogP contribution in [0.4, 0.5) is 42.2 Å². The number of hydrogen-bond acceptors (Lipinski definition) is 6. The highest BCUT2D eigenvalue weighted by atomic mass is 19.4. The Morgan fingerprint density at radius 1 is 1.23 bits per heavy atom. The normalized spacial score (nSPS) is 25.9. The van der Waals surface area contributed by atoms with Crippen molar-refractivity contribution in [1.82, 2.24) is 9.88 Å². The van der Waals surface area contributed by atoms with E-state index in [1.807, 2.05) is 0 Å². The maximum atomic E-state index is 14.5. The number of amides is 2. The third-order valence-corrected chi connectivity index (χ3v) is 7.27. The Hall–Kier alpha value is -3.46. The van der Waals surface area contributed by atoms with Gasteiger partial charge < -0.3 is 14.8 Å². The summed E-state index contributed by atoms with van der Waals surface area (Å²) in [5, 5.41) is 2.41. The van der Waals surface area contributed by atoms with Gasteiger partial charge in [-0.1, -0.05) is 13.0 Å². The maximum Gasteiger partial charge on any atom is 0.417 e. The summed E-state index contributed by atoms with van der Waals surface area (Å²) in [6.45, 7) is -0.926. The minimum absolute atomic E-state index is 0.0479. The topological polar surface area (TPSA) is 84.0 Å². The second kappa shape index (κ2) is 10.8. The molecule has 0 saturated carbocycles. The molecule has 2 saturated heterocycles. The summed E-state index contributed by atoms with van der Waals surface area (Å²) < 4.78 is 106. The number of nitrogens with one attached hydrogen (secondary N) is 1. The molecule has 3 heterocycles. The molecule has 1 N–H and O–H groups in total. The fraction of sp³-hybridized carbons (Fsp3) is 0.480. The molecule has 2 fully saturated rings. The van der Waals surface area contributed by atoms with Gasteiger partial charge in [-0.2, -0.15) is 26.3 Å². The summed E-state index contributed by atoms with van der Waals surface area (Å²) in [6, 6.07) is 3.98. The molecule has 8 nitrogen and oxygen atoms in total. The predicted octanol–water partition coefficient (Wildman–Crippen LogP) is 4.32. The number of pyridine rings is 1. The molecule has 0 unspecified atom stereocenters. The quantitative estimate of drug-likeness (QED) is 0.515. The molecule has 15 heteroatoms. The minimum atomic E-state index is -5.03. The molecule has 0 bridgehead atoms. The highest BCUT2D eigenvalue weighted by Gasteiger charge is 2.66. The molecular weight excluding hydrogens is 553 g/mol. The van der Waals surface area contributed by atoms with Crippen LogP contribution >= 0.6 is 0 Å². The molecule has 0 radical (unpaired) electrons. The molecule has 0 spiro atoms. The zero-order chi connectivity index (χ0) is 29.6. The van der Waals surface area contributed by atoms with Crippen molar-refractivity contribution in [2.24, 2.45) is 5.92 Å². The summed E-state index contributed by atoms with van der Waals surface area (Å²) in [5.74, 6) is -9.27. The van der Waals surface area contributed by atoms with E-state index >= 15 is 0 Å². The molecule has 1 aromatic heterocycles. The van der Waals surface area contributed by atoms with E-state index in [4.69, 9.17) is 4.74 Å². The van der Waals surface area contributed by atoms with Crippen LogP contribution in [0.5, 0.6) is 5.75 Å². The van der Waals surface area contributed by atoms with Crippen LogP contribution in [0, 0.1) is 17.6 Å². The molecule has 4 atom stereocenters. The van der Waals surface area contributed by atoms with E-state index in [0.717, 1.165) is 13.0 Å². The number of benzene rings is 1. The van der Waals surface area contributed by atoms with Crippen LogP contribution in [-0.4, -0.2) is 72.9 Å². The van der Waals surface area contributed by atoms with Crippen LogP contribution in [0.2, 0.25) is 0 Å². The van der Waals surface area contributed by atoms with E-state index in [-0.39, 0.29) is 24.0 Å². The van der Waals surface area contributed by atoms with Crippen LogP contribution in [0.3, 0.4) is 0 Å². The minimum Gasteiger partial charge on any atom is -0.431 e. The zero-order valence-corrected chi connectivity index (χ0v) is 21.4. The van der Waals surface area contributed by atoms with E-state index in [2.05, 4.69) is 15.0 Å². The van der Waals surface area contributed by atoms with E-state index in [0.29, 0.717) is 26.1 Å². The average molecular weight is 578 g/mol. The zero-order valence-electron chi connectivity index (χ0n) is 21.4. The largest absolute Gasteiger partial charge is 0.431 e. The molecule has 218 valence electrons. The lowest BCUT2D eigenvalue weighted by Gasteiger charge is -2.32. The van der Waals surface area contributed by atoms with Gasteiger partial charge in [0.1, 0.15) is 11.9 Å². The Balaban J connectivity index is 1.71. The standard InChI is InChI=1S/C25H25F7N4O4/c1-12-18(14-4-5-15(26)19(27)20(14)39-23(28)29)21(40-24(12,2)25(30,31)32)22(38)34-13-6-7-33-16(10-13)36-9-8-35(3)11-17(36)37/h4-7,10,12,18,21,23H,8-9,11H2,1-3H3,(H,33,34,38)/t12-,18-,21+,24+/m0/s1. The summed E-state index contributed by atoms with van der Waals surface area (Å²) in [7, 11) is 1.76. The Morgan fingerprint density at radius 3 is 2.55 bits per heavy atom. The first-order chi connectivity index (χ1) is 18.6. The van der Waals surface area contributed by atoms with Crippen molar-refractivity contribution in [3.63, 3.8) is 0 Å². The van der Waals surface area contributed by atoms with Crippen molar-refractivity contribution in [3.05, 3.63) is 47.7 Å². The van der Waals surface area contributed by atoms with Gasteiger partial charge >= 0.3 is 12.8 Å². The molecular formula is C25H25F7N4O4. The number of halogens is 7. The number of hydrogen-bond donors (Lipinski definition) is 1. The third-order valence-electron chi connectivity index (χ3n) is 7.27. The monoisotopic (exact) mass is 578 g/mol. The molecule has 2 aliphatic heterocycles. The number of nitrogens with zero attached hydrogens (tertiary/aromatic N) is 3. The number of anilines is 2. The number of carbonyl (C=O) groups excluding carboxylic acids is 2. The Bertz CT molecular complexity index is 1290. The highest BCUT2D eigenvalue weighted by Crippen LogP contribution is 2.55. The molecule has 2 amide bonds. The highest BCUT2D eigenvalue weighted by molar-refractivity contribution is 5.97. The Kier molecular flexibility index (Phi) is 8.00. The van der Waals surface area contributed by atoms with E-state index in [9.17, 15) is 40.3 Å². The van der Waals surface area contributed by atoms with E-state index in [1.165, 1.54) is 23.2 Å². The average Bonchev–Trinajstić information content (AvgIpc) is 3.14. The fourth-order valence-corrected chi connectivity index (χ4v) is 4.93. The lowest BCUT2D eigenvalue weighted by Crippen LogP contribution is -2.49. The van der Waals surface area contributed by atoms with Gasteiger partial charge in [-0.05, 0) is 26.1 Å². The van der Waals surface area contributed by atoms with E-state index in [1.54, 1.807) is 11.9 Å². The first kappa shape index (κ1) is 29.5. The van der Waals surface area contributed by atoms with Crippen LogP contribution in [0.1, 0.15) is 25.3 Å². The van der Waals surface area contributed by atoms with Gasteiger partial charge in [0.2, 0.25) is 11.7 Å². The first-order valence-electron chi connectivity index (χ1n) is 12.1. The number of rotatable bonds is 6. The number of ether oxygens (including phenoxy) is 2. The fourth-order valence-electron chi connectivity index (χ4n) is 4.93. The van der Waals surface area contributed by atoms with Crippen molar-refractivity contribution in [2.75, 3.05) is 36.9 Å². The second-order valence-electron chi connectivity index (χ2n) is 9.79. The molecule has 0 aliphatic carbocycles. The Morgan fingerprint density at radius 2 is 1.93 bits per heavy atom. The second-order valence-corrected chi connectivity index (χ2v) is 9.79.